The molecule has 0 saturated carbocycles. The van der Waals surface area contributed by atoms with Crippen LogP contribution in [0.3, 0.4) is 0 Å². The summed E-state index contributed by atoms with van der Waals surface area (Å²) in [7, 11) is 0. The average Bonchev–Trinajstić information content (AvgIpc) is 2.38. The topological polar surface area (TPSA) is 29.1 Å². The van der Waals surface area contributed by atoms with Crippen molar-refractivity contribution in [1.82, 2.24) is 5.32 Å². The van der Waals surface area contributed by atoms with Crippen molar-refractivity contribution in [2.45, 2.75) is 13.5 Å². The van der Waals surface area contributed by atoms with Crippen LogP contribution in [0.4, 0.5) is 4.39 Å². The zero-order chi connectivity index (χ0) is 14.7. The van der Waals surface area contributed by atoms with Crippen LogP contribution in [-0.4, -0.2) is 5.91 Å². The molecule has 0 aliphatic rings. The molecule has 0 aliphatic heterocycles. The third kappa shape index (κ3) is 3.81. The molecule has 1 N–H and O–H groups in total. The van der Waals surface area contributed by atoms with E-state index in [0.717, 1.165) is 15.6 Å². The minimum atomic E-state index is -0.468. The van der Waals surface area contributed by atoms with E-state index in [1.54, 1.807) is 18.2 Å². The molecule has 0 radical (unpaired) electrons. The lowest BCUT2D eigenvalue weighted by molar-refractivity contribution is 0.0951. The van der Waals surface area contributed by atoms with Gasteiger partial charge in [0.2, 0.25) is 0 Å². The van der Waals surface area contributed by atoms with Gasteiger partial charge in [0.15, 0.2) is 0 Å². The van der Waals surface area contributed by atoms with E-state index in [4.69, 9.17) is 11.6 Å². The molecule has 2 aromatic rings. The van der Waals surface area contributed by atoms with E-state index in [1.807, 2.05) is 13.0 Å². The Morgan fingerprint density at radius 3 is 2.70 bits per heavy atom. The number of amides is 1. The molecular formula is C15H12BrClFNO. The molecule has 1 amide bonds. The summed E-state index contributed by atoms with van der Waals surface area (Å²) >= 11 is 9.05. The minimum absolute atomic E-state index is 0.0510. The molecule has 104 valence electrons. The van der Waals surface area contributed by atoms with Crippen LogP contribution in [-0.2, 0) is 6.54 Å². The van der Waals surface area contributed by atoms with Gasteiger partial charge in [-0.15, -0.1) is 0 Å². The van der Waals surface area contributed by atoms with Crippen molar-refractivity contribution in [2.24, 2.45) is 0 Å². The number of benzene rings is 2. The van der Waals surface area contributed by atoms with E-state index >= 15 is 0 Å². The molecule has 0 heterocycles. The fourth-order valence-corrected chi connectivity index (χ4v) is 2.61. The first kappa shape index (κ1) is 15.0. The van der Waals surface area contributed by atoms with Crippen LogP contribution in [0.1, 0.15) is 21.5 Å². The highest BCUT2D eigenvalue weighted by Gasteiger charge is 2.07. The number of hydrogen-bond acceptors (Lipinski definition) is 1. The van der Waals surface area contributed by atoms with Crippen molar-refractivity contribution in [3.8, 4) is 0 Å². The van der Waals surface area contributed by atoms with E-state index in [-0.39, 0.29) is 10.9 Å². The van der Waals surface area contributed by atoms with E-state index < -0.39 is 5.82 Å². The van der Waals surface area contributed by atoms with Gasteiger partial charge < -0.3 is 5.32 Å². The van der Waals surface area contributed by atoms with E-state index in [2.05, 4.69) is 21.2 Å². The monoisotopic (exact) mass is 355 g/mol. The lowest BCUT2D eigenvalue weighted by Gasteiger charge is -2.07. The molecule has 2 rings (SSSR count). The van der Waals surface area contributed by atoms with Gasteiger partial charge in [-0.2, -0.15) is 0 Å². The average molecular weight is 357 g/mol. The predicted molar refractivity (Wildman–Crippen MR) is 81.5 cm³/mol. The molecular weight excluding hydrogens is 345 g/mol. The molecule has 2 nitrogen and oxygen atoms in total. The summed E-state index contributed by atoms with van der Waals surface area (Å²) in [4.78, 5) is 12.0. The standard InChI is InChI=1S/C15H12BrClFNO/c1-9-4-11(7-12(16)5-9)15(20)19-8-10-2-3-14(18)13(17)6-10/h2-7H,8H2,1H3,(H,19,20). The first-order valence-corrected chi connectivity index (χ1v) is 7.12. The molecule has 5 heteroatoms. The number of carbonyl (C=O) groups is 1. The summed E-state index contributed by atoms with van der Waals surface area (Å²) in [5.41, 5.74) is 2.32. The summed E-state index contributed by atoms with van der Waals surface area (Å²) in [6.07, 6.45) is 0. The van der Waals surface area contributed by atoms with Crippen LogP contribution in [0.25, 0.3) is 0 Å². The van der Waals surface area contributed by atoms with Crippen molar-refractivity contribution >= 4 is 33.4 Å². The molecule has 0 atom stereocenters. The van der Waals surface area contributed by atoms with Gasteiger partial charge >= 0.3 is 0 Å². The quantitative estimate of drug-likeness (QED) is 0.863. The second-order valence-corrected chi connectivity index (χ2v) is 5.77. The summed E-state index contributed by atoms with van der Waals surface area (Å²) < 4.78 is 13.9. The summed E-state index contributed by atoms with van der Waals surface area (Å²) in [6, 6.07) is 9.86. The maximum Gasteiger partial charge on any atom is 0.251 e. The van der Waals surface area contributed by atoms with Crippen LogP contribution >= 0.6 is 27.5 Å². The van der Waals surface area contributed by atoms with Gasteiger partial charge in [0.1, 0.15) is 5.82 Å². The fraction of sp³-hybridized carbons (Fsp3) is 0.133. The Kier molecular flexibility index (Phi) is 4.78. The van der Waals surface area contributed by atoms with Gasteiger partial charge in [0, 0.05) is 16.6 Å². The highest BCUT2D eigenvalue weighted by molar-refractivity contribution is 9.10. The Bertz CT molecular complexity index is 640. The maximum atomic E-state index is 13.0. The van der Waals surface area contributed by atoms with Crippen LogP contribution in [0.2, 0.25) is 5.02 Å². The highest BCUT2D eigenvalue weighted by Crippen LogP contribution is 2.17. The van der Waals surface area contributed by atoms with Gasteiger partial charge in [-0.1, -0.05) is 33.6 Å². The van der Waals surface area contributed by atoms with Crippen molar-refractivity contribution in [2.75, 3.05) is 0 Å². The summed E-state index contributed by atoms with van der Waals surface area (Å²) in [5.74, 6) is -0.654. The van der Waals surface area contributed by atoms with Crippen LogP contribution in [0.5, 0.6) is 0 Å². The molecule has 0 saturated heterocycles. The predicted octanol–water partition coefficient (Wildman–Crippen LogP) is 4.48. The molecule has 0 spiro atoms. The summed E-state index contributed by atoms with van der Waals surface area (Å²) in [5, 5.41) is 2.83. The van der Waals surface area contributed by atoms with Crippen molar-refractivity contribution in [3.63, 3.8) is 0 Å². The number of aryl methyl sites for hydroxylation is 1. The molecule has 2 aromatic carbocycles. The number of rotatable bonds is 3. The van der Waals surface area contributed by atoms with Crippen LogP contribution < -0.4 is 5.32 Å². The molecule has 0 bridgehead atoms. The Morgan fingerprint density at radius 1 is 1.30 bits per heavy atom. The number of carbonyl (C=O) groups excluding carboxylic acids is 1. The van der Waals surface area contributed by atoms with Gasteiger partial charge in [0.05, 0.1) is 5.02 Å². The van der Waals surface area contributed by atoms with E-state index in [9.17, 15) is 9.18 Å². The highest BCUT2D eigenvalue weighted by atomic mass is 79.9. The van der Waals surface area contributed by atoms with Crippen molar-refractivity contribution < 1.29 is 9.18 Å². The maximum absolute atomic E-state index is 13.0. The molecule has 0 aromatic heterocycles. The number of halogens is 3. The minimum Gasteiger partial charge on any atom is -0.348 e. The Hall–Kier alpha value is -1.39. The van der Waals surface area contributed by atoms with E-state index in [1.165, 1.54) is 12.1 Å². The van der Waals surface area contributed by atoms with E-state index in [0.29, 0.717) is 12.1 Å². The molecule has 0 fully saturated rings. The number of nitrogens with one attached hydrogen (secondary N) is 1. The largest absolute Gasteiger partial charge is 0.348 e. The molecule has 0 aliphatic carbocycles. The first-order valence-electron chi connectivity index (χ1n) is 5.95. The fourth-order valence-electron chi connectivity index (χ4n) is 1.80. The Labute approximate surface area is 130 Å². The third-order valence-corrected chi connectivity index (χ3v) is 3.49. The zero-order valence-electron chi connectivity index (χ0n) is 10.7. The van der Waals surface area contributed by atoms with Crippen molar-refractivity contribution in [3.05, 3.63) is 68.4 Å². The Morgan fingerprint density at radius 2 is 2.05 bits per heavy atom. The second-order valence-electron chi connectivity index (χ2n) is 4.45. The Balaban J connectivity index is 2.06. The van der Waals surface area contributed by atoms with Gasteiger partial charge in [-0.3, -0.25) is 4.79 Å². The SMILES string of the molecule is Cc1cc(Br)cc(C(=O)NCc2ccc(F)c(Cl)c2)c1. The second kappa shape index (κ2) is 6.37. The van der Waals surface area contributed by atoms with Crippen molar-refractivity contribution in [1.29, 1.82) is 0 Å². The lowest BCUT2D eigenvalue weighted by Crippen LogP contribution is -2.22. The molecule has 20 heavy (non-hydrogen) atoms. The van der Waals surface area contributed by atoms with Crippen LogP contribution in [0.15, 0.2) is 40.9 Å². The first-order chi connectivity index (χ1) is 9.45. The van der Waals surface area contributed by atoms with Gasteiger partial charge in [-0.05, 0) is 48.4 Å². The van der Waals surface area contributed by atoms with Gasteiger partial charge in [0.25, 0.3) is 5.91 Å². The normalized spacial score (nSPS) is 10.4. The number of hydrogen-bond donors (Lipinski definition) is 1. The molecule has 0 unspecified atom stereocenters. The summed E-state index contributed by atoms with van der Waals surface area (Å²) in [6.45, 7) is 2.21. The smallest absolute Gasteiger partial charge is 0.251 e. The zero-order valence-corrected chi connectivity index (χ0v) is 13.1. The lowest BCUT2D eigenvalue weighted by atomic mass is 10.1. The van der Waals surface area contributed by atoms with Crippen LogP contribution in [0, 0.1) is 12.7 Å². The third-order valence-electron chi connectivity index (χ3n) is 2.74. The van der Waals surface area contributed by atoms with Gasteiger partial charge in [-0.25, -0.2) is 4.39 Å².